The number of benzene rings is 2. The number of aromatic nitrogens is 1. The van der Waals surface area contributed by atoms with Crippen molar-refractivity contribution >= 4 is 11.8 Å². The molecule has 2 aromatic carbocycles. The van der Waals surface area contributed by atoms with Crippen molar-refractivity contribution in [2.75, 3.05) is 26.2 Å². The Kier molecular flexibility index (Phi) is 4.85. The molecular weight excluding hydrogens is 354 g/mol. The summed E-state index contributed by atoms with van der Waals surface area (Å²) in [6.07, 6.45) is 3.92. The molecule has 0 bridgehead atoms. The van der Waals surface area contributed by atoms with Crippen LogP contribution in [-0.4, -0.2) is 57.5 Å². The normalized spacial score (nSPS) is 14.1. The third-order valence-corrected chi connectivity index (χ3v) is 4.96. The number of rotatable bonds is 3. The van der Waals surface area contributed by atoms with Crippen LogP contribution in [0.2, 0.25) is 0 Å². The predicted molar refractivity (Wildman–Crippen MR) is 106 cm³/mol. The quantitative estimate of drug-likeness (QED) is 0.766. The Bertz CT molecular complexity index is 973. The zero-order valence-corrected chi connectivity index (χ0v) is 15.4. The summed E-state index contributed by atoms with van der Waals surface area (Å²) in [6, 6.07) is 17.8. The highest BCUT2D eigenvalue weighted by molar-refractivity contribution is 5.96. The highest BCUT2D eigenvalue weighted by Gasteiger charge is 2.25. The van der Waals surface area contributed by atoms with Crippen LogP contribution >= 0.6 is 0 Å². The van der Waals surface area contributed by atoms with Gasteiger partial charge < -0.3 is 19.5 Å². The van der Waals surface area contributed by atoms with Crippen molar-refractivity contribution in [3.63, 3.8) is 0 Å². The first-order chi connectivity index (χ1) is 13.6. The lowest BCUT2D eigenvalue weighted by Gasteiger charge is -2.35. The molecule has 0 aliphatic carbocycles. The van der Waals surface area contributed by atoms with Crippen LogP contribution in [0.5, 0.6) is 5.75 Å². The molecule has 1 fully saturated rings. The van der Waals surface area contributed by atoms with Crippen LogP contribution in [0.3, 0.4) is 0 Å². The molecule has 142 valence electrons. The molecule has 28 heavy (non-hydrogen) atoms. The third-order valence-electron chi connectivity index (χ3n) is 4.96. The number of hydrogen-bond donors (Lipinski definition) is 1. The molecule has 0 atom stereocenters. The zero-order valence-electron chi connectivity index (χ0n) is 15.4. The van der Waals surface area contributed by atoms with E-state index in [2.05, 4.69) is 0 Å². The molecule has 4 rings (SSSR count). The largest absolute Gasteiger partial charge is 0.508 e. The Labute approximate surface area is 163 Å². The van der Waals surface area contributed by atoms with Crippen molar-refractivity contribution in [2.45, 2.75) is 0 Å². The van der Waals surface area contributed by atoms with Crippen molar-refractivity contribution in [3.05, 3.63) is 84.2 Å². The summed E-state index contributed by atoms with van der Waals surface area (Å²) in [5.74, 6) is -0.0781. The average Bonchev–Trinajstić information content (AvgIpc) is 3.28. The third kappa shape index (κ3) is 3.62. The van der Waals surface area contributed by atoms with Crippen LogP contribution in [0.15, 0.2) is 73.1 Å². The van der Waals surface area contributed by atoms with Gasteiger partial charge in [-0.1, -0.05) is 6.07 Å². The summed E-state index contributed by atoms with van der Waals surface area (Å²) in [5, 5.41) is 9.56. The highest BCUT2D eigenvalue weighted by Crippen LogP contribution is 2.16. The van der Waals surface area contributed by atoms with Crippen molar-refractivity contribution < 1.29 is 14.7 Å². The molecule has 1 N–H and O–H groups in total. The van der Waals surface area contributed by atoms with Crippen LogP contribution in [0.4, 0.5) is 0 Å². The second-order valence-corrected chi connectivity index (χ2v) is 6.77. The molecule has 6 heteroatoms. The summed E-state index contributed by atoms with van der Waals surface area (Å²) in [6.45, 7) is 1.93. The molecule has 6 nitrogen and oxygen atoms in total. The van der Waals surface area contributed by atoms with Gasteiger partial charge in [0.2, 0.25) is 0 Å². The van der Waals surface area contributed by atoms with Gasteiger partial charge in [-0.05, 0) is 54.6 Å². The number of carbonyl (C=O) groups excluding carboxylic acids is 2. The van der Waals surface area contributed by atoms with Crippen molar-refractivity contribution in [3.8, 4) is 11.4 Å². The first kappa shape index (κ1) is 17.9. The van der Waals surface area contributed by atoms with Gasteiger partial charge in [-0.25, -0.2) is 0 Å². The van der Waals surface area contributed by atoms with E-state index in [4.69, 9.17) is 0 Å². The lowest BCUT2D eigenvalue weighted by atomic mass is 10.1. The predicted octanol–water partition coefficient (Wildman–Crippen LogP) is 2.78. The molecule has 0 saturated carbocycles. The number of phenolic OH excluding ortho intramolecular Hbond substituents is 1. The minimum Gasteiger partial charge on any atom is -0.508 e. The smallest absolute Gasteiger partial charge is 0.254 e. The molecule has 3 aromatic rings. The van der Waals surface area contributed by atoms with Gasteiger partial charge in [-0.15, -0.1) is 0 Å². The van der Waals surface area contributed by atoms with Gasteiger partial charge in [-0.3, -0.25) is 9.59 Å². The second-order valence-electron chi connectivity index (χ2n) is 6.77. The van der Waals surface area contributed by atoms with E-state index in [0.717, 1.165) is 5.69 Å². The summed E-state index contributed by atoms with van der Waals surface area (Å²) >= 11 is 0. The minimum absolute atomic E-state index is 0.0245. The lowest BCUT2D eigenvalue weighted by Crippen LogP contribution is -2.50. The van der Waals surface area contributed by atoms with E-state index >= 15 is 0 Å². The molecule has 0 spiro atoms. The standard InChI is InChI=1S/C22H21N3O3/c26-20-5-3-4-18(16-20)22(28)25-14-12-24(13-15-25)21(27)17-6-8-19(9-7-17)23-10-1-2-11-23/h1-11,16,26H,12-15H2. The molecule has 2 heterocycles. The Hall–Kier alpha value is -3.54. The van der Waals surface area contributed by atoms with E-state index in [1.165, 1.54) is 12.1 Å². The molecular formula is C22H21N3O3. The number of piperazine rings is 1. The Balaban J connectivity index is 1.38. The first-order valence-electron chi connectivity index (χ1n) is 9.23. The Morgan fingerprint density at radius 1 is 0.714 bits per heavy atom. The highest BCUT2D eigenvalue weighted by atomic mass is 16.3. The number of hydrogen-bond acceptors (Lipinski definition) is 3. The maximum absolute atomic E-state index is 12.8. The summed E-state index contributed by atoms with van der Waals surface area (Å²) in [5.41, 5.74) is 2.10. The molecule has 1 aliphatic heterocycles. The van der Waals surface area contributed by atoms with Crippen molar-refractivity contribution in [1.82, 2.24) is 14.4 Å². The van der Waals surface area contributed by atoms with Gasteiger partial charge in [0.05, 0.1) is 0 Å². The van der Waals surface area contributed by atoms with Gasteiger partial charge in [0.25, 0.3) is 11.8 Å². The Morgan fingerprint density at radius 3 is 1.86 bits per heavy atom. The summed E-state index contributed by atoms with van der Waals surface area (Å²) in [4.78, 5) is 28.8. The van der Waals surface area contributed by atoms with E-state index in [1.807, 2.05) is 53.4 Å². The number of aromatic hydroxyl groups is 1. The van der Waals surface area contributed by atoms with Gasteiger partial charge >= 0.3 is 0 Å². The number of phenols is 1. The van der Waals surface area contributed by atoms with Crippen LogP contribution < -0.4 is 0 Å². The van der Waals surface area contributed by atoms with E-state index in [9.17, 15) is 14.7 Å². The SMILES string of the molecule is O=C(c1ccc(-n2cccc2)cc1)N1CCN(C(=O)c2cccc(O)c2)CC1. The molecule has 1 aliphatic rings. The fourth-order valence-corrected chi connectivity index (χ4v) is 3.40. The van der Waals surface area contributed by atoms with Gasteiger partial charge in [0, 0.05) is 55.4 Å². The number of nitrogens with zero attached hydrogens (tertiary/aromatic N) is 3. The zero-order chi connectivity index (χ0) is 19.5. The molecule has 1 saturated heterocycles. The van der Waals surface area contributed by atoms with Crippen LogP contribution in [-0.2, 0) is 0 Å². The molecule has 2 amide bonds. The van der Waals surface area contributed by atoms with Crippen LogP contribution in [0.25, 0.3) is 5.69 Å². The van der Waals surface area contributed by atoms with E-state index in [-0.39, 0.29) is 17.6 Å². The first-order valence-corrected chi connectivity index (χ1v) is 9.23. The second kappa shape index (κ2) is 7.60. The van der Waals surface area contributed by atoms with Crippen LogP contribution in [0.1, 0.15) is 20.7 Å². The fraction of sp³-hybridized carbons (Fsp3) is 0.182. The monoisotopic (exact) mass is 375 g/mol. The average molecular weight is 375 g/mol. The Morgan fingerprint density at radius 2 is 1.29 bits per heavy atom. The topological polar surface area (TPSA) is 65.8 Å². The van der Waals surface area contributed by atoms with Gasteiger partial charge in [0.15, 0.2) is 0 Å². The minimum atomic E-state index is -0.126. The molecule has 0 unspecified atom stereocenters. The van der Waals surface area contributed by atoms with Gasteiger partial charge in [-0.2, -0.15) is 0 Å². The van der Waals surface area contributed by atoms with E-state index < -0.39 is 0 Å². The van der Waals surface area contributed by atoms with Gasteiger partial charge in [0.1, 0.15) is 5.75 Å². The van der Waals surface area contributed by atoms with E-state index in [0.29, 0.717) is 37.3 Å². The lowest BCUT2D eigenvalue weighted by molar-refractivity contribution is 0.0535. The number of carbonyl (C=O) groups is 2. The summed E-state index contributed by atoms with van der Waals surface area (Å²) < 4.78 is 1.99. The maximum Gasteiger partial charge on any atom is 0.254 e. The van der Waals surface area contributed by atoms with Crippen molar-refractivity contribution in [2.24, 2.45) is 0 Å². The molecule has 1 aromatic heterocycles. The van der Waals surface area contributed by atoms with Crippen molar-refractivity contribution in [1.29, 1.82) is 0 Å². The maximum atomic E-state index is 12.8. The van der Waals surface area contributed by atoms with E-state index in [1.54, 1.807) is 21.9 Å². The summed E-state index contributed by atoms with van der Waals surface area (Å²) in [7, 11) is 0. The fourth-order valence-electron chi connectivity index (χ4n) is 3.40. The molecule has 0 radical (unpaired) electrons. The van der Waals surface area contributed by atoms with Crippen LogP contribution in [0, 0.1) is 0 Å². The number of amides is 2.